The lowest BCUT2D eigenvalue weighted by atomic mass is 10.1. The lowest BCUT2D eigenvalue weighted by Crippen LogP contribution is -2.41. The smallest absolute Gasteiger partial charge is 0.238 e. The lowest BCUT2D eigenvalue weighted by molar-refractivity contribution is -0.122. The molecule has 2 N–H and O–H groups in total. The molecule has 0 bridgehead atoms. The van der Waals surface area contributed by atoms with E-state index in [0.717, 1.165) is 33.7 Å². The van der Waals surface area contributed by atoms with Gasteiger partial charge in [0, 0.05) is 18.2 Å². The second-order valence-corrected chi connectivity index (χ2v) is 6.07. The number of carbonyl (C=O) groups is 1. The van der Waals surface area contributed by atoms with Crippen molar-refractivity contribution in [3.63, 3.8) is 0 Å². The summed E-state index contributed by atoms with van der Waals surface area (Å²) in [5.41, 5.74) is 1.10. The zero-order valence-corrected chi connectivity index (χ0v) is 13.9. The molecule has 1 fully saturated rings. The van der Waals surface area contributed by atoms with Gasteiger partial charge in [0.05, 0.1) is 13.2 Å². The maximum Gasteiger partial charge on any atom is 0.238 e. The fourth-order valence-corrected chi connectivity index (χ4v) is 3.33. The summed E-state index contributed by atoms with van der Waals surface area (Å²) in [6.07, 6.45) is 0. The average molecular weight is 339 g/mol. The van der Waals surface area contributed by atoms with Crippen LogP contribution in [0.3, 0.4) is 0 Å². The van der Waals surface area contributed by atoms with Gasteiger partial charge in [-0.3, -0.25) is 10.1 Å². The van der Waals surface area contributed by atoms with Crippen LogP contribution in [0.5, 0.6) is 5.75 Å². The van der Waals surface area contributed by atoms with E-state index in [1.165, 1.54) is 0 Å². The van der Waals surface area contributed by atoms with Crippen LogP contribution < -0.4 is 15.4 Å². The largest absolute Gasteiger partial charge is 0.497 e. The maximum atomic E-state index is 12.0. The number of thioether (sulfide) groups is 1. The highest BCUT2D eigenvalue weighted by atomic mass is 35.5. The minimum Gasteiger partial charge on any atom is -0.497 e. The Morgan fingerprint density at radius 2 is 2.09 bits per heavy atom. The molecule has 0 spiro atoms. The van der Waals surface area contributed by atoms with Crippen LogP contribution in [-0.2, 0) is 11.3 Å². The van der Waals surface area contributed by atoms with Gasteiger partial charge in [-0.25, -0.2) is 0 Å². The molecule has 3 rings (SSSR count). The summed E-state index contributed by atoms with van der Waals surface area (Å²) >= 11 is 1.75. The third-order valence-electron chi connectivity index (χ3n) is 3.61. The van der Waals surface area contributed by atoms with Gasteiger partial charge in [0.15, 0.2) is 0 Å². The highest BCUT2D eigenvalue weighted by molar-refractivity contribution is 7.99. The standard InChI is InChI=1S/C16H18N2O2S.ClH/c1-20-14-5-4-12-6-11(2-3-13(12)7-14)8-17-16(19)15-9-21-10-18-15;/h2-7,15,18H,8-10H2,1H3,(H,17,19);1H. The average Bonchev–Trinajstić information content (AvgIpc) is 3.06. The minimum absolute atomic E-state index is 0. The van der Waals surface area contributed by atoms with Crippen molar-refractivity contribution in [1.29, 1.82) is 0 Å². The number of hydrogen-bond donors (Lipinski definition) is 2. The summed E-state index contributed by atoms with van der Waals surface area (Å²) in [5, 5.41) is 8.45. The first-order chi connectivity index (χ1) is 10.3. The van der Waals surface area contributed by atoms with Gasteiger partial charge in [0.25, 0.3) is 0 Å². The Hall–Kier alpha value is -1.43. The normalized spacial score (nSPS) is 17.0. The van der Waals surface area contributed by atoms with Gasteiger partial charge in [0.1, 0.15) is 5.75 Å². The van der Waals surface area contributed by atoms with Crippen molar-refractivity contribution in [1.82, 2.24) is 10.6 Å². The Labute approximate surface area is 140 Å². The zero-order chi connectivity index (χ0) is 14.7. The fourth-order valence-electron chi connectivity index (χ4n) is 2.39. The molecule has 1 atom stereocenters. The van der Waals surface area contributed by atoms with Gasteiger partial charge in [-0.2, -0.15) is 0 Å². The van der Waals surface area contributed by atoms with Crippen LogP contribution >= 0.6 is 24.2 Å². The molecule has 118 valence electrons. The van der Waals surface area contributed by atoms with Gasteiger partial charge in [-0.05, 0) is 34.5 Å². The number of halogens is 1. The molecule has 2 aromatic carbocycles. The van der Waals surface area contributed by atoms with E-state index in [4.69, 9.17) is 4.74 Å². The number of methoxy groups -OCH3 is 1. The molecule has 1 aliphatic rings. The summed E-state index contributed by atoms with van der Waals surface area (Å²) in [6, 6.07) is 12.1. The van der Waals surface area contributed by atoms with Crippen molar-refractivity contribution in [2.75, 3.05) is 18.7 Å². The van der Waals surface area contributed by atoms with E-state index >= 15 is 0 Å². The first-order valence-electron chi connectivity index (χ1n) is 6.92. The lowest BCUT2D eigenvalue weighted by Gasteiger charge is -2.11. The number of carbonyl (C=O) groups excluding carboxylic acids is 1. The molecule has 4 nitrogen and oxygen atoms in total. The number of benzene rings is 2. The van der Waals surface area contributed by atoms with Crippen molar-refractivity contribution < 1.29 is 9.53 Å². The molecular formula is C16H19ClN2O2S. The SMILES string of the molecule is COc1ccc2cc(CNC(=O)C3CSCN3)ccc2c1.Cl. The molecule has 0 aromatic heterocycles. The third kappa shape index (κ3) is 3.85. The molecular weight excluding hydrogens is 320 g/mol. The van der Waals surface area contributed by atoms with Crippen LogP contribution in [-0.4, -0.2) is 30.7 Å². The predicted octanol–water partition coefficient (Wildman–Crippen LogP) is 2.55. The van der Waals surface area contributed by atoms with E-state index in [2.05, 4.69) is 22.8 Å². The van der Waals surface area contributed by atoms with E-state index in [9.17, 15) is 4.79 Å². The topological polar surface area (TPSA) is 50.4 Å². The quantitative estimate of drug-likeness (QED) is 0.899. The first-order valence-corrected chi connectivity index (χ1v) is 8.07. The van der Waals surface area contributed by atoms with Crippen molar-refractivity contribution in [3.8, 4) is 5.75 Å². The van der Waals surface area contributed by atoms with Crippen LogP contribution in [0.25, 0.3) is 10.8 Å². The monoisotopic (exact) mass is 338 g/mol. The molecule has 0 aliphatic carbocycles. The van der Waals surface area contributed by atoms with Crippen LogP contribution in [0.4, 0.5) is 0 Å². The van der Waals surface area contributed by atoms with E-state index in [1.807, 2.05) is 24.3 Å². The van der Waals surface area contributed by atoms with E-state index in [0.29, 0.717) is 6.54 Å². The van der Waals surface area contributed by atoms with E-state index < -0.39 is 0 Å². The molecule has 1 amide bonds. The van der Waals surface area contributed by atoms with Crippen molar-refractivity contribution in [2.24, 2.45) is 0 Å². The molecule has 1 unspecified atom stereocenters. The van der Waals surface area contributed by atoms with Gasteiger partial charge >= 0.3 is 0 Å². The first kappa shape index (κ1) is 16.9. The van der Waals surface area contributed by atoms with Gasteiger partial charge in [-0.1, -0.05) is 18.2 Å². The summed E-state index contributed by atoms with van der Waals surface area (Å²) in [5.74, 6) is 2.64. The number of ether oxygens (including phenoxy) is 1. The van der Waals surface area contributed by atoms with Gasteiger partial charge in [-0.15, -0.1) is 24.2 Å². The van der Waals surface area contributed by atoms with Crippen molar-refractivity contribution in [2.45, 2.75) is 12.6 Å². The fraction of sp³-hybridized carbons (Fsp3) is 0.312. The maximum absolute atomic E-state index is 12.0. The van der Waals surface area contributed by atoms with Gasteiger partial charge < -0.3 is 10.1 Å². The Bertz CT molecular complexity index is 660. The Morgan fingerprint density at radius 3 is 2.82 bits per heavy atom. The predicted molar refractivity (Wildman–Crippen MR) is 93.8 cm³/mol. The number of fused-ring (bicyclic) bond motifs is 1. The molecule has 22 heavy (non-hydrogen) atoms. The summed E-state index contributed by atoms with van der Waals surface area (Å²) in [7, 11) is 1.67. The molecule has 0 radical (unpaired) electrons. The summed E-state index contributed by atoms with van der Waals surface area (Å²) < 4.78 is 5.22. The second-order valence-electron chi connectivity index (χ2n) is 5.04. The van der Waals surface area contributed by atoms with Gasteiger partial charge in [0.2, 0.25) is 5.91 Å². The van der Waals surface area contributed by atoms with E-state index in [-0.39, 0.29) is 24.4 Å². The Balaban J connectivity index is 0.00000176. The van der Waals surface area contributed by atoms with Crippen LogP contribution in [0.15, 0.2) is 36.4 Å². The number of nitrogens with one attached hydrogen (secondary N) is 2. The molecule has 1 aliphatic heterocycles. The van der Waals surface area contributed by atoms with Crippen molar-refractivity contribution in [3.05, 3.63) is 42.0 Å². The highest BCUT2D eigenvalue weighted by Crippen LogP contribution is 2.21. The number of amides is 1. The molecule has 0 saturated carbocycles. The van der Waals surface area contributed by atoms with Crippen molar-refractivity contribution >= 4 is 40.8 Å². The van der Waals surface area contributed by atoms with E-state index in [1.54, 1.807) is 18.9 Å². The molecule has 6 heteroatoms. The number of hydrogen-bond acceptors (Lipinski definition) is 4. The molecule has 1 saturated heterocycles. The highest BCUT2D eigenvalue weighted by Gasteiger charge is 2.21. The Morgan fingerprint density at radius 1 is 1.32 bits per heavy atom. The van der Waals surface area contributed by atoms with Crippen LogP contribution in [0.1, 0.15) is 5.56 Å². The third-order valence-corrected chi connectivity index (χ3v) is 4.55. The van der Waals surface area contributed by atoms with Crippen LogP contribution in [0, 0.1) is 0 Å². The Kier molecular flexibility index (Phi) is 5.94. The summed E-state index contributed by atoms with van der Waals surface area (Å²) in [4.78, 5) is 12.0. The van der Waals surface area contributed by atoms with Crippen LogP contribution in [0.2, 0.25) is 0 Å². The molecule has 2 aromatic rings. The summed E-state index contributed by atoms with van der Waals surface area (Å²) in [6.45, 7) is 0.559. The minimum atomic E-state index is -0.0558. The molecule has 1 heterocycles. The number of rotatable bonds is 4. The zero-order valence-electron chi connectivity index (χ0n) is 12.3. The second kappa shape index (κ2) is 7.72.